The van der Waals surface area contributed by atoms with E-state index in [0.29, 0.717) is 5.92 Å². The van der Waals surface area contributed by atoms with Gasteiger partial charge in [-0.2, -0.15) is 0 Å². The third-order valence-corrected chi connectivity index (χ3v) is 7.57. The summed E-state index contributed by atoms with van der Waals surface area (Å²) in [5, 5.41) is 15.8. The molecule has 2 saturated heterocycles. The summed E-state index contributed by atoms with van der Waals surface area (Å²) in [5.41, 5.74) is 1.19. The molecule has 6 heteroatoms. The maximum atomic E-state index is 12.7. The summed E-state index contributed by atoms with van der Waals surface area (Å²) in [6.45, 7) is 0. The van der Waals surface area contributed by atoms with Crippen LogP contribution in [-0.2, 0) is 0 Å². The molecule has 5 atom stereocenters. The van der Waals surface area contributed by atoms with E-state index in [1.165, 1.54) is 31.4 Å². The van der Waals surface area contributed by atoms with Crippen LogP contribution in [0.1, 0.15) is 63.0 Å². The summed E-state index contributed by atoms with van der Waals surface area (Å²) < 4.78 is 0. The number of amides is 2. The lowest BCUT2D eigenvalue weighted by Crippen LogP contribution is -2.49. The second-order valence-corrected chi connectivity index (χ2v) is 9.06. The third kappa shape index (κ3) is 2.46. The molecule has 2 N–H and O–H groups in total. The number of hydrogen-bond donors (Lipinski definition) is 2. The number of urea groups is 1. The highest BCUT2D eigenvalue weighted by Gasteiger charge is 2.43. The Morgan fingerprint density at radius 3 is 2.62 bits per heavy atom. The Kier molecular flexibility index (Phi) is 3.59. The zero-order valence-electron chi connectivity index (χ0n) is 13.9. The molecule has 4 aliphatic rings. The highest BCUT2D eigenvalue weighted by atomic mass is 32.1. The fraction of sp³-hybridized carbons (Fsp3) is 0.778. The van der Waals surface area contributed by atoms with Crippen LogP contribution in [0.2, 0.25) is 0 Å². The average molecular weight is 347 g/mol. The Labute approximate surface area is 146 Å². The topological polar surface area (TPSA) is 65.5 Å². The van der Waals surface area contributed by atoms with Crippen LogP contribution in [0, 0.1) is 11.8 Å². The van der Waals surface area contributed by atoms with E-state index in [0.717, 1.165) is 42.7 Å². The number of nitrogens with one attached hydrogen (secondary N) is 1. The molecule has 3 heterocycles. The number of thiazole rings is 1. The van der Waals surface area contributed by atoms with Gasteiger partial charge in [0.2, 0.25) is 0 Å². The zero-order valence-corrected chi connectivity index (χ0v) is 14.7. The average Bonchev–Trinajstić information content (AvgIpc) is 3.30. The molecule has 5 nitrogen and oxygen atoms in total. The van der Waals surface area contributed by atoms with E-state index in [1.54, 1.807) is 11.3 Å². The van der Waals surface area contributed by atoms with E-state index in [-0.39, 0.29) is 24.2 Å². The summed E-state index contributed by atoms with van der Waals surface area (Å²) in [6.07, 6.45) is 8.66. The minimum Gasteiger partial charge on any atom is -0.393 e. The molecule has 2 aliphatic carbocycles. The highest BCUT2D eigenvalue weighted by Crippen LogP contribution is 2.53. The summed E-state index contributed by atoms with van der Waals surface area (Å²) in [5.74, 6) is 2.35. The second kappa shape index (κ2) is 5.70. The van der Waals surface area contributed by atoms with E-state index in [1.807, 2.05) is 4.90 Å². The minimum atomic E-state index is -0.240. The van der Waals surface area contributed by atoms with Crippen LogP contribution in [-0.4, -0.2) is 39.2 Å². The largest absolute Gasteiger partial charge is 0.393 e. The summed E-state index contributed by atoms with van der Waals surface area (Å²) >= 11 is 1.56. The Morgan fingerprint density at radius 1 is 1.17 bits per heavy atom. The smallest absolute Gasteiger partial charge is 0.324 e. The van der Waals surface area contributed by atoms with Crippen LogP contribution in [0.15, 0.2) is 5.38 Å². The maximum Gasteiger partial charge on any atom is 0.324 e. The first-order valence-corrected chi connectivity index (χ1v) is 10.3. The highest BCUT2D eigenvalue weighted by molar-refractivity contribution is 7.13. The molecule has 0 aromatic carbocycles. The van der Waals surface area contributed by atoms with Crippen molar-refractivity contribution >= 4 is 22.5 Å². The quantitative estimate of drug-likeness (QED) is 0.859. The van der Waals surface area contributed by atoms with Gasteiger partial charge < -0.3 is 10.0 Å². The Morgan fingerprint density at radius 2 is 1.96 bits per heavy atom. The van der Waals surface area contributed by atoms with Crippen molar-refractivity contribution in [2.45, 2.75) is 75.5 Å². The number of aliphatic hydroxyl groups is 1. The van der Waals surface area contributed by atoms with Crippen molar-refractivity contribution < 1.29 is 9.90 Å². The normalized spacial score (nSPS) is 40.3. The zero-order chi connectivity index (χ0) is 16.3. The van der Waals surface area contributed by atoms with Crippen LogP contribution in [0.3, 0.4) is 0 Å². The number of anilines is 1. The number of carbonyl (C=O) groups is 1. The molecule has 5 rings (SSSR count). The van der Waals surface area contributed by atoms with Crippen molar-refractivity contribution in [2.75, 3.05) is 5.32 Å². The van der Waals surface area contributed by atoms with Gasteiger partial charge in [0.25, 0.3) is 0 Å². The van der Waals surface area contributed by atoms with Crippen LogP contribution < -0.4 is 5.32 Å². The standard InChI is InChI=1S/C18H25N3O2S/c22-14-7-12-3-4-13(8-14)21(12)18(23)20-17-19-16(9-24-17)15-6-10-1-2-11(15)5-10/h9-15,22H,1-8H2,(H,19,20,23)/t10-,11-,12-,13-,15-/m0/s1. The minimum absolute atomic E-state index is 0.0248. The lowest BCUT2D eigenvalue weighted by Gasteiger charge is -2.36. The van der Waals surface area contributed by atoms with Gasteiger partial charge in [0.15, 0.2) is 5.13 Å². The number of fused-ring (bicyclic) bond motifs is 4. The van der Waals surface area contributed by atoms with Crippen LogP contribution in [0.5, 0.6) is 0 Å². The van der Waals surface area contributed by atoms with E-state index in [2.05, 4.69) is 10.7 Å². The molecular weight excluding hydrogens is 322 g/mol. The summed E-state index contributed by atoms with van der Waals surface area (Å²) in [7, 11) is 0. The van der Waals surface area contributed by atoms with Gasteiger partial charge in [0.1, 0.15) is 0 Å². The number of nitrogens with zero attached hydrogens (tertiary/aromatic N) is 2. The third-order valence-electron chi connectivity index (χ3n) is 6.80. The molecular formula is C18H25N3O2S. The molecule has 24 heavy (non-hydrogen) atoms. The number of aromatic nitrogens is 1. The second-order valence-electron chi connectivity index (χ2n) is 8.21. The molecule has 1 aromatic heterocycles. The molecule has 1 aromatic rings. The van der Waals surface area contributed by atoms with Gasteiger partial charge >= 0.3 is 6.03 Å². The fourth-order valence-corrected chi connectivity index (χ4v) is 6.52. The van der Waals surface area contributed by atoms with Crippen molar-refractivity contribution in [1.82, 2.24) is 9.88 Å². The molecule has 4 fully saturated rings. The van der Waals surface area contributed by atoms with E-state index in [9.17, 15) is 9.90 Å². The number of rotatable bonds is 2. The van der Waals surface area contributed by atoms with Crippen LogP contribution in [0.4, 0.5) is 9.93 Å². The first-order chi connectivity index (χ1) is 11.7. The summed E-state index contributed by atoms with van der Waals surface area (Å²) in [6, 6.07) is 0.371. The Balaban J connectivity index is 1.26. The van der Waals surface area contributed by atoms with Gasteiger partial charge in [0.05, 0.1) is 11.8 Å². The van der Waals surface area contributed by atoms with E-state index >= 15 is 0 Å². The first-order valence-electron chi connectivity index (χ1n) is 9.40. The SMILES string of the molecule is O=C(Nc1nc([C@H]2C[C@H]3CC[C@H]2C3)cs1)N1[C@H]2CC[C@H]1CC(O)C2. The molecule has 2 amide bonds. The molecule has 130 valence electrons. The lowest BCUT2D eigenvalue weighted by molar-refractivity contribution is 0.0580. The van der Waals surface area contributed by atoms with Gasteiger partial charge in [-0.15, -0.1) is 11.3 Å². The van der Waals surface area contributed by atoms with Crippen molar-refractivity contribution in [3.63, 3.8) is 0 Å². The predicted octanol–water partition coefficient (Wildman–Crippen LogP) is 3.57. The molecule has 0 spiro atoms. The van der Waals surface area contributed by atoms with Crippen molar-refractivity contribution in [1.29, 1.82) is 0 Å². The van der Waals surface area contributed by atoms with Gasteiger partial charge in [-0.3, -0.25) is 5.32 Å². The lowest BCUT2D eigenvalue weighted by atomic mass is 9.87. The van der Waals surface area contributed by atoms with Crippen molar-refractivity contribution in [2.24, 2.45) is 11.8 Å². The summed E-state index contributed by atoms with van der Waals surface area (Å²) in [4.78, 5) is 19.4. The molecule has 2 saturated carbocycles. The number of carbonyl (C=O) groups excluding carboxylic acids is 1. The maximum absolute atomic E-state index is 12.7. The number of piperidine rings is 1. The van der Waals surface area contributed by atoms with Crippen molar-refractivity contribution in [3.05, 3.63) is 11.1 Å². The van der Waals surface area contributed by atoms with Gasteiger partial charge in [-0.05, 0) is 56.8 Å². The van der Waals surface area contributed by atoms with E-state index < -0.39 is 0 Å². The molecule has 0 radical (unpaired) electrons. The first kappa shape index (κ1) is 15.1. The van der Waals surface area contributed by atoms with Crippen molar-refractivity contribution in [3.8, 4) is 0 Å². The van der Waals surface area contributed by atoms with Gasteiger partial charge in [-0.1, -0.05) is 6.42 Å². The Bertz CT molecular complexity index is 634. The number of hydrogen-bond acceptors (Lipinski definition) is 4. The van der Waals surface area contributed by atoms with Gasteiger partial charge in [-0.25, -0.2) is 9.78 Å². The molecule has 0 unspecified atom stereocenters. The van der Waals surface area contributed by atoms with Gasteiger partial charge in [0, 0.05) is 23.4 Å². The van der Waals surface area contributed by atoms with Crippen LogP contribution in [0.25, 0.3) is 0 Å². The monoisotopic (exact) mass is 347 g/mol. The van der Waals surface area contributed by atoms with Crippen LogP contribution >= 0.6 is 11.3 Å². The Hall–Kier alpha value is -1.14. The number of aliphatic hydroxyl groups excluding tert-OH is 1. The molecule has 4 bridgehead atoms. The fourth-order valence-electron chi connectivity index (χ4n) is 5.76. The predicted molar refractivity (Wildman–Crippen MR) is 93.2 cm³/mol. The van der Waals surface area contributed by atoms with E-state index in [4.69, 9.17) is 4.98 Å². The molecule has 2 aliphatic heterocycles.